The molecule has 0 heterocycles. The molecular formula is C14H11B. The van der Waals surface area contributed by atoms with Crippen molar-refractivity contribution in [1.82, 2.24) is 0 Å². The van der Waals surface area contributed by atoms with Crippen LogP contribution < -0.4 is 0 Å². The maximum absolute atomic E-state index is 5.99. The van der Waals surface area contributed by atoms with Gasteiger partial charge >= 0.3 is 0 Å². The van der Waals surface area contributed by atoms with Crippen molar-refractivity contribution in [2.24, 2.45) is 0 Å². The van der Waals surface area contributed by atoms with E-state index < -0.39 is 0 Å². The number of benzene rings is 2. The van der Waals surface area contributed by atoms with Crippen LogP contribution in [0.2, 0.25) is 0 Å². The summed E-state index contributed by atoms with van der Waals surface area (Å²) in [6.45, 7) is 0. The van der Waals surface area contributed by atoms with Crippen LogP contribution in [-0.2, 0) is 0 Å². The first-order chi connectivity index (χ1) is 7.36. The predicted octanol–water partition coefficient (Wildman–Crippen LogP) is 3.35. The zero-order valence-corrected chi connectivity index (χ0v) is 8.43. The molecule has 0 unspecified atom stereocenters. The largest absolute Gasteiger partial charge is 0.114 e. The van der Waals surface area contributed by atoms with Gasteiger partial charge in [0.25, 0.3) is 0 Å². The van der Waals surface area contributed by atoms with E-state index in [9.17, 15) is 0 Å². The zero-order chi connectivity index (χ0) is 10.5. The molecule has 0 aliphatic rings. The van der Waals surface area contributed by atoms with E-state index in [-0.39, 0.29) is 0 Å². The molecule has 0 saturated heterocycles. The van der Waals surface area contributed by atoms with Crippen molar-refractivity contribution in [3.8, 4) is 0 Å². The molecule has 0 fully saturated rings. The van der Waals surface area contributed by atoms with E-state index in [1.165, 1.54) is 0 Å². The van der Waals surface area contributed by atoms with Crippen LogP contribution in [0.4, 0.5) is 0 Å². The summed E-state index contributed by atoms with van der Waals surface area (Å²) in [4.78, 5) is 0. The van der Waals surface area contributed by atoms with Crippen LogP contribution >= 0.6 is 0 Å². The summed E-state index contributed by atoms with van der Waals surface area (Å²) < 4.78 is 0. The first-order valence-corrected chi connectivity index (χ1v) is 4.94. The third-order valence-electron chi connectivity index (χ3n) is 2.23. The Labute approximate surface area is 91.7 Å². The monoisotopic (exact) mass is 190 g/mol. The van der Waals surface area contributed by atoms with Crippen molar-refractivity contribution in [3.05, 3.63) is 71.8 Å². The molecule has 0 aliphatic heterocycles. The lowest BCUT2D eigenvalue weighted by molar-refractivity contribution is 1.64. The molecule has 70 valence electrons. The second-order valence-corrected chi connectivity index (χ2v) is 3.38. The maximum atomic E-state index is 5.99. The zero-order valence-electron chi connectivity index (χ0n) is 8.43. The molecule has 2 aromatic carbocycles. The molecule has 0 bridgehead atoms. The molecule has 0 atom stereocenters. The Bertz CT molecular complexity index is 443. The Balaban J connectivity index is 2.29. The quantitative estimate of drug-likeness (QED) is 0.503. The fourth-order valence-corrected chi connectivity index (χ4v) is 1.44. The van der Waals surface area contributed by atoms with Crippen LogP contribution in [0, 0.1) is 0 Å². The molecule has 2 radical (unpaired) electrons. The lowest BCUT2D eigenvalue weighted by atomic mass is 9.87. The summed E-state index contributed by atoms with van der Waals surface area (Å²) in [5, 5.41) is 0. The molecule has 0 spiro atoms. The van der Waals surface area contributed by atoms with E-state index in [0.717, 1.165) is 16.6 Å². The van der Waals surface area contributed by atoms with E-state index in [2.05, 4.69) is 0 Å². The van der Waals surface area contributed by atoms with Crippen LogP contribution in [0.1, 0.15) is 11.1 Å². The van der Waals surface area contributed by atoms with Crippen molar-refractivity contribution in [2.75, 3.05) is 0 Å². The van der Waals surface area contributed by atoms with E-state index >= 15 is 0 Å². The van der Waals surface area contributed by atoms with Gasteiger partial charge in [-0.05, 0) is 11.1 Å². The molecule has 0 aromatic heterocycles. The Morgan fingerprint density at radius 2 is 1.33 bits per heavy atom. The highest BCUT2D eigenvalue weighted by molar-refractivity contribution is 6.45. The molecule has 0 amide bonds. The van der Waals surface area contributed by atoms with Gasteiger partial charge in [-0.3, -0.25) is 0 Å². The van der Waals surface area contributed by atoms with E-state index in [1.54, 1.807) is 0 Å². The van der Waals surface area contributed by atoms with Crippen molar-refractivity contribution >= 4 is 19.4 Å². The van der Waals surface area contributed by atoms with Gasteiger partial charge in [-0.15, -0.1) is 0 Å². The highest BCUT2D eigenvalue weighted by Crippen LogP contribution is 2.14. The highest BCUT2D eigenvalue weighted by Gasteiger charge is 1.93. The fourth-order valence-electron chi connectivity index (χ4n) is 1.44. The van der Waals surface area contributed by atoms with Crippen LogP contribution in [0.5, 0.6) is 0 Å². The SMILES string of the molecule is [B]C(=Cc1ccccc1)c1ccccc1. The van der Waals surface area contributed by atoms with E-state index in [1.807, 2.05) is 66.7 Å². The molecular weight excluding hydrogens is 179 g/mol. The van der Waals surface area contributed by atoms with Gasteiger partial charge in [-0.1, -0.05) is 72.2 Å². The van der Waals surface area contributed by atoms with Crippen LogP contribution in [0.25, 0.3) is 11.5 Å². The Kier molecular flexibility index (Phi) is 3.03. The van der Waals surface area contributed by atoms with Crippen molar-refractivity contribution in [2.45, 2.75) is 0 Å². The van der Waals surface area contributed by atoms with Gasteiger partial charge in [-0.25, -0.2) is 0 Å². The van der Waals surface area contributed by atoms with Gasteiger partial charge in [-0.2, -0.15) is 0 Å². The molecule has 0 aliphatic carbocycles. The maximum Gasteiger partial charge on any atom is 0.114 e. The van der Waals surface area contributed by atoms with E-state index in [4.69, 9.17) is 7.85 Å². The van der Waals surface area contributed by atoms with Crippen molar-refractivity contribution in [1.29, 1.82) is 0 Å². The Morgan fingerprint density at radius 3 is 1.93 bits per heavy atom. The third kappa shape index (κ3) is 2.60. The lowest BCUT2D eigenvalue weighted by Gasteiger charge is -2.01. The van der Waals surface area contributed by atoms with Gasteiger partial charge in [0, 0.05) is 0 Å². The molecule has 1 heteroatoms. The fraction of sp³-hybridized carbons (Fsp3) is 0. The molecule has 0 saturated carbocycles. The standard InChI is InChI=1S/C14H11B/c15-14(13-9-5-2-6-10-13)11-12-7-3-1-4-8-12/h1-11H. The summed E-state index contributed by atoms with van der Waals surface area (Å²) in [6, 6.07) is 20.1. The summed E-state index contributed by atoms with van der Waals surface area (Å²) in [5.74, 6) is 0. The summed E-state index contributed by atoms with van der Waals surface area (Å²) in [5.41, 5.74) is 2.97. The summed E-state index contributed by atoms with van der Waals surface area (Å²) in [6.07, 6.45) is 1.98. The highest BCUT2D eigenvalue weighted by atomic mass is 13.9. The minimum atomic E-state index is 0.793. The second kappa shape index (κ2) is 4.65. The molecule has 0 N–H and O–H groups in total. The smallest absolute Gasteiger partial charge is 0.0890 e. The van der Waals surface area contributed by atoms with E-state index in [0.29, 0.717) is 0 Å². The van der Waals surface area contributed by atoms with Crippen LogP contribution in [0.3, 0.4) is 0 Å². The summed E-state index contributed by atoms with van der Waals surface area (Å²) >= 11 is 0. The topological polar surface area (TPSA) is 0 Å². The van der Waals surface area contributed by atoms with Crippen LogP contribution in [0.15, 0.2) is 60.7 Å². The average Bonchev–Trinajstić information content (AvgIpc) is 2.31. The van der Waals surface area contributed by atoms with Gasteiger partial charge < -0.3 is 0 Å². The normalized spacial score (nSPS) is 11.3. The number of rotatable bonds is 2. The molecule has 0 nitrogen and oxygen atoms in total. The predicted molar refractivity (Wildman–Crippen MR) is 66.5 cm³/mol. The van der Waals surface area contributed by atoms with Gasteiger partial charge in [0.2, 0.25) is 0 Å². The second-order valence-electron chi connectivity index (χ2n) is 3.38. The molecule has 2 aromatic rings. The third-order valence-corrected chi connectivity index (χ3v) is 2.23. The van der Waals surface area contributed by atoms with Crippen LogP contribution in [-0.4, -0.2) is 7.85 Å². The van der Waals surface area contributed by atoms with Crippen molar-refractivity contribution < 1.29 is 0 Å². The van der Waals surface area contributed by atoms with Gasteiger partial charge in [0.15, 0.2) is 0 Å². The van der Waals surface area contributed by atoms with Gasteiger partial charge in [0.1, 0.15) is 7.85 Å². The number of hydrogen-bond donors (Lipinski definition) is 0. The molecule has 2 rings (SSSR count). The minimum absolute atomic E-state index is 0.793. The Hall–Kier alpha value is -1.76. The summed E-state index contributed by atoms with van der Waals surface area (Å²) in [7, 11) is 5.99. The average molecular weight is 190 g/mol. The number of hydrogen-bond acceptors (Lipinski definition) is 0. The first kappa shape index (κ1) is 9.79. The Morgan fingerprint density at radius 1 is 0.800 bits per heavy atom. The molecule has 15 heavy (non-hydrogen) atoms. The van der Waals surface area contributed by atoms with Gasteiger partial charge in [0.05, 0.1) is 0 Å². The first-order valence-electron chi connectivity index (χ1n) is 4.94. The minimum Gasteiger partial charge on any atom is -0.0890 e. The lowest BCUT2D eigenvalue weighted by Crippen LogP contribution is -1.82. The van der Waals surface area contributed by atoms with Crippen molar-refractivity contribution in [3.63, 3.8) is 0 Å².